The normalized spacial score (nSPS) is 38.5. The zero-order valence-electron chi connectivity index (χ0n) is 6.84. The van der Waals surface area contributed by atoms with Crippen LogP contribution in [-0.2, 0) is 4.79 Å². The largest absolute Gasteiger partial charge is 0.355 e. The first-order valence-electron chi connectivity index (χ1n) is 4.23. The number of carbonyl (C=O) groups excluding carboxylic acids is 1. The summed E-state index contributed by atoms with van der Waals surface area (Å²) in [6.07, 6.45) is 1.05. The van der Waals surface area contributed by atoms with E-state index in [0.717, 1.165) is 26.1 Å². The van der Waals surface area contributed by atoms with E-state index >= 15 is 0 Å². The van der Waals surface area contributed by atoms with Crippen LogP contribution < -0.4 is 5.32 Å². The third-order valence-corrected chi connectivity index (χ3v) is 2.81. The van der Waals surface area contributed by atoms with Gasteiger partial charge in [0.1, 0.15) is 0 Å². The molecule has 0 radical (unpaired) electrons. The molecule has 1 N–H and O–H groups in total. The van der Waals surface area contributed by atoms with Crippen molar-refractivity contribution in [3.05, 3.63) is 0 Å². The summed E-state index contributed by atoms with van der Waals surface area (Å²) in [7, 11) is 2.12. The Morgan fingerprint density at radius 3 is 3.27 bits per heavy atom. The SMILES string of the molecule is CN1CC[C@@H]2C(=O)NC[C@@H]2C1. The highest BCUT2D eigenvalue weighted by atomic mass is 16.2. The van der Waals surface area contributed by atoms with Crippen LogP contribution in [-0.4, -0.2) is 37.5 Å². The van der Waals surface area contributed by atoms with Crippen molar-refractivity contribution in [2.45, 2.75) is 6.42 Å². The van der Waals surface area contributed by atoms with E-state index in [-0.39, 0.29) is 5.91 Å². The average molecular weight is 154 g/mol. The van der Waals surface area contributed by atoms with Gasteiger partial charge in [-0.2, -0.15) is 0 Å². The van der Waals surface area contributed by atoms with E-state index in [4.69, 9.17) is 0 Å². The number of piperidine rings is 1. The van der Waals surface area contributed by atoms with Gasteiger partial charge in [0, 0.05) is 24.9 Å². The smallest absolute Gasteiger partial charge is 0.223 e. The van der Waals surface area contributed by atoms with Gasteiger partial charge in [0.15, 0.2) is 0 Å². The Labute approximate surface area is 66.8 Å². The maximum Gasteiger partial charge on any atom is 0.223 e. The first kappa shape index (κ1) is 7.10. The van der Waals surface area contributed by atoms with Crippen LogP contribution in [0.1, 0.15) is 6.42 Å². The highest BCUT2D eigenvalue weighted by Gasteiger charge is 2.37. The maximum atomic E-state index is 11.2. The number of nitrogens with zero attached hydrogens (tertiary/aromatic N) is 1. The highest BCUT2D eigenvalue weighted by molar-refractivity contribution is 5.81. The fraction of sp³-hybridized carbons (Fsp3) is 0.875. The van der Waals surface area contributed by atoms with Crippen LogP contribution in [0.2, 0.25) is 0 Å². The number of nitrogens with one attached hydrogen (secondary N) is 1. The van der Waals surface area contributed by atoms with Gasteiger partial charge in [-0.05, 0) is 20.0 Å². The summed E-state index contributed by atoms with van der Waals surface area (Å²) < 4.78 is 0. The molecule has 0 aliphatic carbocycles. The molecule has 2 aliphatic heterocycles. The Hall–Kier alpha value is -0.570. The molecule has 0 spiro atoms. The molecule has 0 aromatic rings. The van der Waals surface area contributed by atoms with Crippen LogP contribution in [0.25, 0.3) is 0 Å². The fourth-order valence-electron chi connectivity index (χ4n) is 2.13. The second kappa shape index (κ2) is 2.48. The van der Waals surface area contributed by atoms with Crippen molar-refractivity contribution in [1.29, 1.82) is 0 Å². The van der Waals surface area contributed by atoms with Gasteiger partial charge in [0.05, 0.1) is 0 Å². The molecule has 0 saturated carbocycles. The Morgan fingerprint density at radius 1 is 1.64 bits per heavy atom. The zero-order valence-corrected chi connectivity index (χ0v) is 6.84. The summed E-state index contributed by atoms with van der Waals surface area (Å²) in [4.78, 5) is 13.5. The minimum absolute atomic E-state index is 0.281. The molecule has 2 saturated heterocycles. The topological polar surface area (TPSA) is 32.3 Å². The predicted molar refractivity (Wildman–Crippen MR) is 42.1 cm³/mol. The molecule has 0 unspecified atom stereocenters. The molecule has 11 heavy (non-hydrogen) atoms. The van der Waals surface area contributed by atoms with Gasteiger partial charge < -0.3 is 10.2 Å². The number of hydrogen-bond acceptors (Lipinski definition) is 2. The van der Waals surface area contributed by atoms with Crippen molar-refractivity contribution >= 4 is 5.91 Å². The molecule has 2 rings (SSSR count). The fourth-order valence-corrected chi connectivity index (χ4v) is 2.13. The number of amides is 1. The van der Waals surface area contributed by atoms with E-state index in [9.17, 15) is 4.79 Å². The molecule has 3 heteroatoms. The van der Waals surface area contributed by atoms with Gasteiger partial charge in [-0.15, -0.1) is 0 Å². The molecule has 62 valence electrons. The quantitative estimate of drug-likeness (QED) is 0.519. The lowest BCUT2D eigenvalue weighted by molar-refractivity contribution is -0.123. The molecule has 2 heterocycles. The second-order valence-electron chi connectivity index (χ2n) is 3.66. The van der Waals surface area contributed by atoms with E-state index in [1.807, 2.05) is 0 Å². The van der Waals surface area contributed by atoms with E-state index in [0.29, 0.717) is 11.8 Å². The maximum absolute atomic E-state index is 11.2. The Bertz CT molecular complexity index is 181. The summed E-state index contributed by atoms with van der Waals surface area (Å²) >= 11 is 0. The molecule has 2 atom stereocenters. The van der Waals surface area contributed by atoms with E-state index in [1.54, 1.807) is 0 Å². The predicted octanol–water partition coefficient (Wildman–Crippen LogP) is -0.316. The lowest BCUT2D eigenvalue weighted by Crippen LogP contribution is -2.38. The standard InChI is InChI=1S/C8H14N2O/c1-10-3-2-7-6(5-10)4-9-8(7)11/h6-7H,2-5H2,1H3,(H,9,11)/t6-,7+/m1/s1. The van der Waals surface area contributed by atoms with E-state index in [1.165, 1.54) is 0 Å². The third-order valence-electron chi connectivity index (χ3n) is 2.81. The first-order valence-corrected chi connectivity index (χ1v) is 4.23. The van der Waals surface area contributed by atoms with Gasteiger partial charge in [0.2, 0.25) is 5.91 Å². The Morgan fingerprint density at radius 2 is 2.45 bits per heavy atom. The molecule has 3 nitrogen and oxygen atoms in total. The summed E-state index contributed by atoms with van der Waals surface area (Å²) in [6, 6.07) is 0. The summed E-state index contributed by atoms with van der Waals surface area (Å²) in [5.41, 5.74) is 0. The third kappa shape index (κ3) is 1.13. The zero-order chi connectivity index (χ0) is 7.84. The van der Waals surface area contributed by atoms with Gasteiger partial charge in [-0.1, -0.05) is 0 Å². The van der Waals surface area contributed by atoms with Crippen molar-refractivity contribution < 1.29 is 4.79 Å². The minimum atomic E-state index is 0.281. The molecule has 2 aliphatic rings. The van der Waals surface area contributed by atoms with Crippen LogP contribution >= 0.6 is 0 Å². The van der Waals surface area contributed by atoms with Crippen LogP contribution in [0.3, 0.4) is 0 Å². The highest BCUT2D eigenvalue weighted by Crippen LogP contribution is 2.26. The average Bonchev–Trinajstić information content (AvgIpc) is 2.32. The lowest BCUT2D eigenvalue weighted by atomic mass is 9.88. The van der Waals surface area contributed by atoms with Gasteiger partial charge in [-0.3, -0.25) is 4.79 Å². The monoisotopic (exact) mass is 154 g/mol. The van der Waals surface area contributed by atoms with Gasteiger partial charge >= 0.3 is 0 Å². The van der Waals surface area contributed by atoms with Crippen molar-refractivity contribution in [3.8, 4) is 0 Å². The van der Waals surface area contributed by atoms with Crippen molar-refractivity contribution in [2.24, 2.45) is 11.8 Å². The van der Waals surface area contributed by atoms with E-state index < -0.39 is 0 Å². The van der Waals surface area contributed by atoms with Crippen molar-refractivity contribution in [2.75, 3.05) is 26.7 Å². The molecule has 0 aromatic carbocycles. The van der Waals surface area contributed by atoms with Gasteiger partial charge in [0.25, 0.3) is 0 Å². The van der Waals surface area contributed by atoms with Crippen LogP contribution in [0.15, 0.2) is 0 Å². The number of fused-ring (bicyclic) bond motifs is 1. The van der Waals surface area contributed by atoms with Crippen molar-refractivity contribution in [1.82, 2.24) is 10.2 Å². The molecule has 0 aromatic heterocycles. The van der Waals surface area contributed by atoms with E-state index in [2.05, 4.69) is 17.3 Å². The van der Waals surface area contributed by atoms with Crippen LogP contribution in [0.5, 0.6) is 0 Å². The molecular weight excluding hydrogens is 140 g/mol. The number of carbonyl (C=O) groups is 1. The Balaban J connectivity index is 2.06. The van der Waals surface area contributed by atoms with Crippen LogP contribution in [0.4, 0.5) is 0 Å². The number of likely N-dealkylation sites (tertiary alicyclic amines) is 1. The lowest BCUT2D eigenvalue weighted by Gasteiger charge is -2.30. The summed E-state index contributed by atoms with van der Waals surface area (Å²) in [6.45, 7) is 3.06. The molecule has 1 amide bonds. The molecular formula is C8H14N2O. The molecule has 2 fully saturated rings. The van der Waals surface area contributed by atoms with Crippen molar-refractivity contribution in [3.63, 3.8) is 0 Å². The first-order chi connectivity index (χ1) is 5.27. The number of rotatable bonds is 0. The second-order valence-corrected chi connectivity index (χ2v) is 3.66. The Kier molecular flexibility index (Phi) is 1.60. The minimum Gasteiger partial charge on any atom is -0.355 e. The number of hydrogen-bond donors (Lipinski definition) is 1. The van der Waals surface area contributed by atoms with Gasteiger partial charge in [-0.25, -0.2) is 0 Å². The summed E-state index contributed by atoms with van der Waals surface area (Å²) in [5, 5.41) is 2.92. The van der Waals surface area contributed by atoms with Crippen LogP contribution in [0, 0.1) is 11.8 Å². The summed E-state index contributed by atoms with van der Waals surface area (Å²) in [5.74, 6) is 1.19. The molecule has 0 bridgehead atoms.